The van der Waals surface area contributed by atoms with E-state index in [1.165, 1.54) is 12.1 Å². The van der Waals surface area contributed by atoms with Crippen LogP contribution in [0, 0.1) is 0 Å². The maximum absolute atomic E-state index is 12.8. The van der Waals surface area contributed by atoms with E-state index in [1.54, 1.807) is 24.3 Å². The molecular formula is C23H19F3N2O3. The minimum atomic E-state index is -4.51. The quantitative estimate of drug-likeness (QED) is 0.576. The molecule has 0 radical (unpaired) electrons. The van der Waals surface area contributed by atoms with Gasteiger partial charge in [0.2, 0.25) is 0 Å². The minimum Gasteiger partial charge on any atom is -0.484 e. The highest BCUT2D eigenvalue weighted by Crippen LogP contribution is 2.31. The standard InChI is InChI=1S/C23H19F3N2O3/c24-23(25,26)17-9-6-10-18(13-17)31-15-21(29)28-20-12-5-4-11-19(20)22(30)27-14-16-7-2-1-3-8-16/h1-13H,14-15H2,(H,27,30)(H,28,29). The highest BCUT2D eigenvalue weighted by molar-refractivity contribution is 6.04. The maximum Gasteiger partial charge on any atom is 0.416 e. The Morgan fingerprint density at radius 2 is 1.58 bits per heavy atom. The Kier molecular flexibility index (Phi) is 6.92. The van der Waals surface area contributed by atoms with Crippen molar-refractivity contribution in [3.05, 3.63) is 95.6 Å². The van der Waals surface area contributed by atoms with E-state index in [2.05, 4.69) is 10.6 Å². The van der Waals surface area contributed by atoms with Gasteiger partial charge in [0.15, 0.2) is 6.61 Å². The molecule has 160 valence electrons. The fourth-order valence-electron chi connectivity index (χ4n) is 2.76. The van der Waals surface area contributed by atoms with Gasteiger partial charge in [-0.2, -0.15) is 13.2 Å². The van der Waals surface area contributed by atoms with Crippen LogP contribution in [0.5, 0.6) is 5.75 Å². The number of hydrogen-bond donors (Lipinski definition) is 2. The van der Waals surface area contributed by atoms with Crippen LogP contribution in [0.25, 0.3) is 0 Å². The van der Waals surface area contributed by atoms with Gasteiger partial charge in [-0.3, -0.25) is 9.59 Å². The van der Waals surface area contributed by atoms with Gasteiger partial charge in [-0.05, 0) is 35.9 Å². The van der Waals surface area contributed by atoms with Gasteiger partial charge in [0.25, 0.3) is 11.8 Å². The van der Waals surface area contributed by atoms with Crippen molar-refractivity contribution in [2.45, 2.75) is 12.7 Å². The molecule has 0 spiro atoms. The van der Waals surface area contributed by atoms with Crippen molar-refractivity contribution in [3.63, 3.8) is 0 Å². The molecule has 8 heteroatoms. The number of para-hydroxylation sites is 1. The Balaban J connectivity index is 1.60. The smallest absolute Gasteiger partial charge is 0.416 e. The molecule has 0 aliphatic heterocycles. The van der Waals surface area contributed by atoms with Crippen LogP contribution in [0.2, 0.25) is 0 Å². The molecule has 0 aliphatic carbocycles. The number of rotatable bonds is 7. The van der Waals surface area contributed by atoms with Gasteiger partial charge < -0.3 is 15.4 Å². The lowest BCUT2D eigenvalue weighted by molar-refractivity contribution is -0.137. The number of carbonyl (C=O) groups is 2. The Labute approximate surface area is 176 Å². The van der Waals surface area contributed by atoms with Crippen molar-refractivity contribution >= 4 is 17.5 Å². The van der Waals surface area contributed by atoms with Crippen LogP contribution in [0.15, 0.2) is 78.9 Å². The summed E-state index contributed by atoms with van der Waals surface area (Å²) in [5, 5.41) is 5.34. The molecule has 0 aliphatic rings. The van der Waals surface area contributed by atoms with E-state index in [0.29, 0.717) is 6.54 Å². The molecule has 3 aromatic carbocycles. The molecule has 31 heavy (non-hydrogen) atoms. The monoisotopic (exact) mass is 428 g/mol. The molecule has 5 nitrogen and oxygen atoms in total. The summed E-state index contributed by atoms with van der Waals surface area (Å²) in [6.07, 6.45) is -4.51. The zero-order valence-corrected chi connectivity index (χ0v) is 16.3. The van der Waals surface area contributed by atoms with Crippen LogP contribution in [0.3, 0.4) is 0 Å². The van der Waals surface area contributed by atoms with Crippen molar-refractivity contribution in [2.24, 2.45) is 0 Å². The first-order chi connectivity index (χ1) is 14.8. The first kappa shape index (κ1) is 21.9. The maximum atomic E-state index is 12.8. The normalized spacial score (nSPS) is 10.9. The van der Waals surface area contributed by atoms with Gasteiger partial charge in [0, 0.05) is 6.54 Å². The molecule has 2 N–H and O–H groups in total. The highest BCUT2D eigenvalue weighted by atomic mass is 19.4. The molecule has 3 aromatic rings. The summed E-state index contributed by atoms with van der Waals surface area (Å²) in [5.41, 5.74) is 0.578. The van der Waals surface area contributed by atoms with Crippen molar-refractivity contribution in [1.82, 2.24) is 5.32 Å². The van der Waals surface area contributed by atoms with E-state index in [1.807, 2.05) is 30.3 Å². The SMILES string of the molecule is O=C(COc1cccc(C(F)(F)F)c1)Nc1ccccc1C(=O)NCc1ccccc1. The molecule has 0 fully saturated rings. The molecular weight excluding hydrogens is 409 g/mol. The molecule has 0 saturated carbocycles. The average molecular weight is 428 g/mol. The van der Waals surface area contributed by atoms with Crippen LogP contribution in [-0.2, 0) is 17.5 Å². The lowest BCUT2D eigenvalue weighted by Crippen LogP contribution is -2.26. The van der Waals surface area contributed by atoms with Crippen molar-refractivity contribution < 1.29 is 27.5 Å². The topological polar surface area (TPSA) is 67.4 Å². The molecule has 0 aromatic heterocycles. The highest BCUT2D eigenvalue weighted by Gasteiger charge is 2.30. The van der Waals surface area contributed by atoms with E-state index < -0.39 is 24.3 Å². The third-order valence-electron chi connectivity index (χ3n) is 4.27. The largest absolute Gasteiger partial charge is 0.484 e. The van der Waals surface area contributed by atoms with Gasteiger partial charge in [-0.15, -0.1) is 0 Å². The molecule has 0 unspecified atom stereocenters. The number of nitrogens with one attached hydrogen (secondary N) is 2. The summed E-state index contributed by atoms with van der Waals surface area (Å²) < 4.78 is 43.5. The summed E-state index contributed by atoms with van der Waals surface area (Å²) in [6, 6.07) is 20.0. The van der Waals surface area contributed by atoms with E-state index in [9.17, 15) is 22.8 Å². The van der Waals surface area contributed by atoms with Gasteiger partial charge in [-0.1, -0.05) is 48.5 Å². The summed E-state index contributed by atoms with van der Waals surface area (Å²) in [7, 11) is 0. The summed E-state index contributed by atoms with van der Waals surface area (Å²) in [5.74, 6) is -1.07. The van der Waals surface area contributed by atoms with E-state index in [-0.39, 0.29) is 22.9 Å². The second-order valence-electron chi connectivity index (χ2n) is 6.58. The molecule has 0 heterocycles. The Morgan fingerprint density at radius 1 is 0.871 bits per heavy atom. The van der Waals surface area contributed by atoms with Gasteiger partial charge in [0.05, 0.1) is 16.8 Å². The van der Waals surface area contributed by atoms with Crippen molar-refractivity contribution in [1.29, 1.82) is 0 Å². The predicted molar refractivity (Wildman–Crippen MR) is 110 cm³/mol. The number of alkyl halides is 3. The number of amides is 2. The Hall–Kier alpha value is -3.81. The fraction of sp³-hybridized carbons (Fsp3) is 0.130. The molecule has 0 atom stereocenters. The lowest BCUT2D eigenvalue weighted by Gasteiger charge is -2.13. The van der Waals surface area contributed by atoms with Gasteiger partial charge >= 0.3 is 6.18 Å². The number of halogens is 3. The number of benzene rings is 3. The summed E-state index contributed by atoms with van der Waals surface area (Å²) >= 11 is 0. The third kappa shape index (κ3) is 6.33. The van der Waals surface area contributed by atoms with Gasteiger partial charge in [-0.25, -0.2) is 0 Å². The fourth-order valence-corrected chi connectivity index (χ4v) is 2.76. The minimum absolute atomic E-state index is 0.0844. The Morgan fingerprint density at radius 3 is 2.32 bits per heavy atom. The Bertz CT molecular complexity index is 1050. The van der Waals surface area contributed by atoms with E-state index >= 15 is 0 Å². The first-order valence-electron chi connectivity index (χ1n) is 9.34. The number of ether oxygens (including phenoxy) is 1. The van der Waals surface area contributed by atoms with E-state index in [0.717, 1.165) is 17.7 Å². The second kappa shape index (κ2) is 9.80. The zero-order valence-electron chi connectivity index (χ0n) is 16.3. The average Bonchev–Trinajstić information content (AvgIpc) is 2.77. The number of hydrogen-bond acceptors (Lipinski definition) is 3. The van der Waals surface area contributed by atoms with Gasteiger partial charge in [0.1, 0.15) is 5.75 Å². The van der Waals surface area contributed by atoms with Crippen LogP contribution >= 0.6 is 0 Å². The number of carbonyl (C=O) groups excluding carboxylic acids is 2. The first-order valence-corrected chi connectivity index (χ1v) is 9.34. The van der Waals surface area contributed by atoms with Crippen LogP contribution in [0.4, 0.5) is 18.9 Å². The number of anilines is 1. The van der Waals surface area contributed by atoms with E-state index in [4.69, 9.17) is 4.74 Å². The lowest BCUT2D eigenvalue weighted by atomic mass is 10.1. The zero-order chi connectivity index (χ0) is 22.3. The van der Waals surface area contributed by atoms with Crippen LogP contribution in [0.1, 0.15) is 21.5 Å². The third-order valence-corrected chi connectivity index (χ3v) is 4.27. The predicted octanol–water partition coefficient (Wildman–Crippen LogP) is 4.65. The molecule has 0 saturated heterocycles. The summed E-state index contributed by atoms with van der Waals surface area (Å²) in [4.78, 5) is 24.8. The molecule has 3 rings (SSSR count). The molecule has 2 amide bonds. The van der Waals surface area contributed by atoms with Crippen LogP contribution < -0.4 is 15.4 Å². The summed E-state index contributed by atoms with van der Waals surface area (Å²) in [6.45, 7) is -0.193. The van der Waals surface area contributed by atoms with Crippen LogP contribution in [-0.4, -0.2) is 18.4 Å². The van der Waals surface area contributed by atoms with Crippen molar-refractivity contribution in [3.8, 4) is 5.75 Å². The molecule has 0 bridgehead atoms. The van der Waals surface area contributed by atoms with Crippen molar-refractivity contribution in [2.75, 3.05) is 11.9 Å². The second-order valence-corrected chi connectivity index (χ2v) is 6.58.